The maximum absolute atomic E-state index is 12.8. The van der Waals surface area contributed by atoms with Crippen molar-refractivity contribution in [2.45, 2.75) is 31.5 Å². The Morgan fingerprint density at radius 2 is 2.14 bits per heavy atom. The standard InChI is InChI=1S/C15H15F3N2O/c1-8-4-9-5-12-10(2-3-13(21)20-12)14(19,6-8)11(9)7-15(16,17)18/h2-4,7,9H,5-6,19H2,1H3,(H,20,21)/b11-7+/t9-,14-/m0/s1. The lowest BCUT2D eigenvalue weighted by atomic mass is 9.63. The molecule has 0 aromatic carbocycles. The fourth-order valence-electron chi connectivity index (χ4n) is 3.51. The van der Waals surface area contributed by atoms with Crippen molar-refractivity contribution in [1.29, 1.82) is 0 Å². The number of hydrogen-bond donors (Lipinski definition) is 2. The molecular weight excluding hydrogens is 281 g/mol. The number of fused-ring (bicyclic) bond motifs is 4. The molecule has 0 unspecified atom stereocenters. The van der Waals surface area contributed by atoms with Crippen molar-refractivity contribution in [2.24, 2.45) is 11.7 Å². The Morgan fingerprint density at radius 1 is 1.43 bits per heavy atom. The van der Waals surface area contributed by atoms with Gasteiger partial charge in [0.2, 0.25) is 5.56 Å². The Balaban J connectivity index is 2.25. The largest absolute Gasteiger partial charge is 0.409 e. The van der Waals surface area contributed by atoms with Gasteiger partial charge < -0.3 is 10.7 Å². The van der Waals surface area contributed by atoms with Crippen LogP contribution in [0.3, 0.4) is 0 Å². The quantitative estimate of drug-likeness (QED) is 0.723. The first-order chi connectivity index (χ1) is 9.69. The van der Waals surface area contributed by atoms with E-state index in [-0.39, 0.29) is 11.1 Å². The van der Waals surface area contributed by atoms with Crippen molar-refractivity contribution in [3.05, 3.63) is 57.0 Å². The lowest BCUT2D eigenvalue weighted by Gasteiger charge is -2.45. The summed E-state index contributed by atoms with van der Waals surface area (Å²) in [5.74, 6) is -0.420. The number of hydrogen-bond acceptors (Lipinski definition) is 2. The van der Waals surface area contributed by atoms with E-state index in [2.05, 4.69) is 4.98 Å². The van der Waals surface area contributed by atoms with E-state index in [9.17, 15) is 18.0 Å². The van der Waals surface area contributed by atoms with Crippen LogP contribution in [0.2, 0.25) is 0 Å². The first-order valence-corrected chi connectivity index (χ1v) is 6.68. The van der Waals surface area contributed by atoms with Gasteiger partial charge in [0.15, 0.2) is 0 Å². The number of aromatic amines is 1. The molecular formula is C15H15F3N2O. The third-order valence-corrected chi connectivity index (χ3v) is 4.18. The molecule has 21 heavy (non-hydrogen) atoms. The van der Waals surface area contributed by atoms with Crippen LogP contribution in [-0.4, -0.2) is 11.2 Å². The summed E-state index contributed by atoms with van der Waals surface area (Å²) in [7, 11) is 0. The smallest absolute Gasteiger partial charge is 0.326 e. The van der Waals surface area contributed by atoms with Gasteiger partial charge in [-0.15, -0.1) is 0 Å². The van der Waals surface area contributed by atoms with Crippen LogP contribution in [0.25, 0.3) is 0 Å². The van der Waals surface area contributed by atoms with Gasteiger partial charge in [-0.3, -0.25) is 4.79 Å². The van der Waals surface area contributed by atoms with Gasteiger partial charge in [-0.1, -0.05) is 11.6 Å². The summed E-state index contributed by atoms with van der Waals surface area (Å²) in [6.07, 6.45) is -1.60. The zero-order valence-electron chi connectivity index (χ0n) is 11.4. The summed E-state index contributed by atoms with van der Waals surface area (Å²) in [5, 5.41) is 0. The highest BCUT2D eigenvalue weighted by Gasteiger charge is 2.46. The SMILES string of the molecule is CC1=C[C@H]2Cc3[nH]c(=O)ccc3[C@@](N)(C1)/C2=C/C(F)(F)F. The molecule has 0 amide bonds. The second kappa shape index (κ2) is 4.34. The zero-order chi connectivity index (χ0) is 15.4. The fourth-order valence-corrected chi connectivity index (χ4v) is 3.51. The molecule has 0 aliphatic heterocycles. The Kier molecular flexibility index (Phi) is 2.92. The topological polar surface area (TPSA) is 58.9 Å². The number of nitrogens with one attached hydrogen (secondary N) is 1. The molecule has 0 saturated carbocycles. The van der Waals surface area contributed by atoms with Crippen LogP contribution < -0.4 is 11.3 Å². The minimum absolute atomic E-state index is 0.181. The zero-order valence-corrected chi connectivity index (χ0v) is 11.4. The molecule has 0 radical (unpaired) electrons. The van der Waals surface area contributed by atoms with Crippen LogP contribution in [0.5, 0.6) is 0 Å². The van der Waals surface area contributed by atoms with Crippen molar-refractivity contribution < 1.29 is 13.2 Å². The van der Waals surface area contributed by atoms with Crippen LogP contribution in [0.1, 0.15) is 24.6 Å². The van der Waals surface area contributed by atoms with Crippen molar-refractivity contribution in [3.8, 4) is 0 Å². The number of pyridine rings is 1. The maximum Gasteiger partial charge on any atom is 0.409 e. The monoisotopic (exact) mass is 296 g/mol. The first kappa shape index (κ1) is 14.1. The molecule has 0 fully saturated rings. The lowest BCUT2D eigenvalue weighted by Crippen LogP contribution is -2.48. The molecule has 2 aliphatic carbocycles. The molecule has 2 aliphatic rings. The molecule has 112 valence electrons. The van der Waals surface area contributed by atoms with Crippen LogP contribution in [0.4, 0.5) is 13.2 Å². The highest BCUT2D eigenvalue weighted by Crippen LogP contribution is 2.48. The molecule has 2 bridgehead atoms. The summed E-state index contributed by atoms with van der Waals surface area (Å²) < 4.78 is 38.5. The average molecular weight is 296 g/mol. The summed E-state index contributed by atoms with van der Waals surface area (Å²) in [5.41, 5.74) is 7.28. The van der Waals surface area contributed by atoms with Crippen molar-refractivity contribution in [3.63, 3.8) is 0 Å². The van der Waals surface area contributed by atoms with E-state index >= 15 is 0 Å². The fraction of sp³-hybridized carbons (Fsp3) is 0.400. The molecule has 3 rings (SSSR count). The second-order valence-electron chi connectivity index (χ2n) is 5.83. The number of rotatable bonds is 0. The number of nitrogens with two attached hydrogens (primary N) is 1. The molecule has 0 saturated heterocycles. The summed E-state index contributed by atoms with van der Waals surface area (Å²) in [6, 6.07) is 2.86. The van der Waals surface area contributed by atoms with Gasteiger partial charge in [-0.2, -0.15) is 13.2 Å². The molecule has 1 heterocycles. The third-order valence-electron chi connectivity index (χ3n) is 4.18. The predicted octanol–water partition coefficient (Wildman–Crippen LogP) is 2.54. The second-order valence-corrected chi connectivity index (χ2v) is 5.83. The summed E-state index contributed by atoms with van der Waals surface area (Å²) in [6.45, 7) is 1.87. The summed E-state index contributed by atoms with van der Waals surface area (Å²) in [4.78, 5) is 14.1. The highest BCUT2D eigenvalue weighted by atomic mass is 19.4. The van der Waals surface area contributed by atoms with Gasteiger partial charge in [-0.05, 0) is 37.0 Å². The van der Waals surface area contributed by atoms with E-state index in [1.807, 2.05) is 13.0 Å². The van der Waals surface area contributed by atoms with Crippen LogP contribution >= 0.6 is 0 Å². The number of alkyl halides is 3. The van der Waals surface area contributed by atoms with E-state index in [1.54, 1.807) is 6.07 Å². The van der Waals surface area contributed by atoms with E-state index in [4.69, 9.17) is 5.73 Å². The van der Waals surface area contributed by atoms with E-state index < -0.39 is 17.6 Å². The van der Waals surface area contributed by atoms with Crippen LogP contribution in [-0.2, 0) is 12.0 Å². The molecule has 6 heteroatoms. The average Bonchev–Trinajstić information content (AvgIpc) is 2.30. The van der Waals surface area contributed by atoms with Gasteiger partial charge in [0.05, 0.1) is 5.54 Å². The van der Waals surface area contributed by atoms with Gasteiger partial charge in [-0.25, -0.2) is 0 Å². The number of allylic oxidation sites excluding steroid dienone is 2. The number of H-pyrrole nitrogens is 1. The van der Waals surface area contributed by atoms with E-state index in [1.165, 1.54) is 6.07 Å². The molecule has 3 nitrogen and oxygen atoms in total. The van der Waals surface area contributed by atoms with E-state index in [0.29, 0.717) is 30.2 Å². The molecule has 0 spiro atoms. The summed E-state index contributed by atoms with van der Waals surface area (Å²) >= 11 is 0. The Hall–Kier alpha value is -1.82. The van der Waals surface area contributed by atoms with Crippen molar-refractivity contribution >= 4 is 0 Å². The Morgan fingerprint density at radius 3 is 2.81 bits per heavy atom. The van der Waals surface area contributed by atoms with Crippen LogP contribution in [0.15, 0.2) is 40.2 Å². The molecule has 3 N–H and O–H groups in total. The minimum Gasteiger partial charge on any atom is -0.326 e. The third kappa shape index (κ3) is 2.33. The van der Waals surface area contributed by atoms with Crippen molar-refractivity contribution in [1.82, 2.24) is 4.98 Å². The maximum atomic E-state index is 12.8. The highest BCUT2D eigenvalue weighted by molar-refractivity contribution is 5.49. The van der Waals surface area contributed by atoms with Gasteiger partial charge in [0, 0.05) is 23.8 Å². The Labute approximate surface area is 119 Å². The van der Waals surface area contributed by atoms with Gasteiger partial charge in [0.25, 0.3) is 0 Å². The normalized spacial score (nSPS) is 30.0. The number of aromatic nitrogens is 1. The lowest BCUT2D eigenvalue weighted by molar-refractivity contribution is -0.0815. The predicted molar refractivity (Wildman–Crippen MR) is 72.6 cm³/mol. The first-order valence-electron chi connectivity index (χ1n) is 6.68. The Bertz CT molecular complexity index is 714. The van der Waals surface area contributed by atoms with Crippen molar-refractivity contribution in [2.75, 3.05) is 0 Å². The molecule has 1 aromatic rings. The molecule has 1 aromatic heterocycles. The number of halogens is 3. The minimum atomic E-state index is -4.41. The van der Waals surface area contributed by atoms with Gasteiger partial charge >= 0.3 is 6.18 Å². The van der Waals surface area contributed by atoms with Gasteiger partial charge in [0.1, 0.15) is 0 Å². The van der Waals surface area contributed by atoms with E-state index in [0.717, 1.165) is 5.57 Å². The molecule has 2 atom stereocenters. The van der Waals surface area contributed by atoms with Crippen LogP contribution in [0, 0.1) is 5.92 Å².